The van der Waals surface area contributed by atoms with Gasteiger partial charge in [-0.15, -0.1) is 0 Å². The summed E-state index contributed by atoms with van der Waals surface area (Å²) in [6, 6.07) is 9.77. The lowest BCUT2D eigenvalue weighted by Crippen LogP contribution is -2.32. The predicted molar refractivity (Wildman–Crippen MR) is 67.3 cm³/mol. The van der Waals surface area contributed by atoms with Crippen molar-refractivity contribution in [1.82, 2.24) is 9.88 Å². The van der Waals surface area contributed by atoms with Gasteiger partial charge in [0.05, 0.1) is 0 Å². The molecule has 94 valence electrons. The van der Waals surface area contributed by atoms with Gasteiger partial charge in [-0.3, -0.25) is 9.59 Å². The summed E-state index contributed by atoms with van der Waals surface area (Å²) in [5.41, 5.74) is 1.95. The molecule has 0 atom stereocenters. The molecule has 0 spiro atoms. The topological polar surface area (TPSA) is 71.3 Å². The highest BCUT2D eigenvalue weighted by Crippen LogP contribution is 2.18. The monoisotopic (exact) mass is 246 g/mol. The van der Waals surface area contributed by atoms with E-state index in [1.165, 1.54) is 0 Å². The van der Waals surface area contributed by atoms with Crippen molar-refractivity contribution in [3.8, 4) is 0 Å². The van der Waals surface area contributed by atoms with Gasteiger partial charge in [0, 0.05) is 11.2 Å². The van der Waals surface area contributed by atoms with E-state index < -0.39 is 5.97 Å². The number of carbonyl (C=O) groups excluding carboxylic acids is 1. The number of fused-ring (bicyclic) bond motifs is 1. The molecule has 0 radical (unpaired) electrons. The summed E-state index contributed by atoms with van der Waals surface area (Å²) in [4.78, 5) is 22.0. The summed E-state index contributed by atoms with van der Waals surface area (Å²) in [7, 11) is 0. The van der Waals surface area contributed by atoms with Gasteiger partial charge in [0.15, 0.2) is 0 Å². The van der Waals surface area contributed by atoms with Crippen LogP contribution in [0.1, 0.15) is 5.69 Å². The van der Waals surface area contributed by atoms with E-state index in [0.29, 0.717) is 0 Å². The molecule has 2 rings (SSSR count). The van der Waals surface area contributed by atoms with E-state index in [0.717, 1.165) is 16.6 Å². The summed E-state index contributed by atoms with van der Waals surface area (Å²) < 4.78 is 1.87. The van der Waals surface area contributed by atoms with Gasteiger partial charge < -0.3 is 15.0 Å². The minimum absolute atomic E-state index is 0.132. The number of amides is 1. The Kier molecular flexibility index (Phi) is 3.32. The number of carboxylic acid groups (broad SMARTS) is 1. The van der Waals surface area contributed by atoms with E-state index in [1.54, 1.807) is 0 Å². The lowest BCUT2D eigenvalue weighted by Gasteiger charge is -2.08. The largest absolute Gasteiger partial charge is 0.480 e. The number of nitrogens with one attached hydrogen (secondary N) is 1. The van der Waals surface area contributed by atoms with Gasteiger partial charge in [0.25, 0.3) is 0 Å². The molecule has 0 fully saturated rings. The molecule has 0 saturated carbocycles. The average molecular weight is 246 g/mol. The Morgan fingerprint density at radius 2 is 2.06 bits per heavy atom. The fourth-order valence-electron chi connectivity index (χ4n) is 1.93. The predicted octanol–water partition coefficient (Wildman–Crippen LogP) is 1.15. The minimum Gasteiger partial charge on any atom is -0.480 e. The van der Waals surface area contributed by atoms with Gasteiger partial charge in [0.1, 0.15) is 13.1 Å². The highest BCUT2D eigenvalue weighted by atomic mass is 16.4. The van der Waals surface area contributed by atoms with Gasteiger partial charge in [-0.2, -0.15) is 0 Å². The Labute approximate surface area is 104 Å². The number of hydrogen-bond acceptors (Lipinski definition) is 2. The first kappa shape index (κ1) is 12.2. The Hall–Kier alpha value is -2.30. The molecule has 0 bridgehead atoms. The molecule has 5 nitrogen and oxygen atoms in total. The Bertz CT molecular complexity index is 601. The number of aliphatic carboxylic acids is 1. The zero-order chi connectivity index (χ0) is 13.1. The minimum atomic E-state index is -1.04. The molecule has 0 aliphatic carbocycles. The van der Waals surface area contributed by atoms with Crippen molar-refractivity contribution in [2.24, 2.45) is 0 Å². The molecular weight excluding hydrogens is 232 g/mol. The van der Waals surface area contributed by atoms with Crippen molar-refractivity contribution in [2.75, 3.05) is 6.54 Å². The van der Waals surface area contributed by atoms with E-state index in [4.69, 9.17) is 5.11 Å². The van der Waals surface area contributed by atoms with Crippen molar-refractivity contribution < 1.29 is 14.7 Å². The van der Waals surface area contributed by atoms with Crippen LogP contribution in [0.4, 0.5) is 0 Å². The average Bonchev–Trinajstić information content (AvgIpc) is 2.64. The fourth-order valence-corrected chi connectivity index (χ4v) is 1.93. The first-order valence-corrected chi connectivity index (χ1v) is 5.61. The normalized spacial score (nSPS) is 10.5. The van der Waals surface area contributed by atoms with Gasteiger partial charge in [-0.1, -0.05) is 18.2 Å². The van der Waals surface area contributed by atoms with Crippen molar-refractivity contribution in [2.45, 2.75) is 13.5 Å². The van der Waals surface area contributed by atoms with E-state index in [9.17, 15) is 9.59 Å². The fraction of sp³-hybridized carbons (Fsp3) is 0.231. The number of benzene rings is 1. The van der Waals surface area contributed by atoms with Crippen molar-refractivity contribution in [1.29, 1.82) is 0 Å². The molecule has 1 aromatic carbocycles. The van der Waals surface area contributed by atoms with Crippen molar-refractivity contribution in [3.63, 3.8) is 0 Å². The number of para-hydroxylation sites is 1. The summed E-state index contributed by atoms with van der Waals surface area (Å²) in [5.74, 6) is -1.35. The van der Waals surface area contributed by atoms with Crippen LogP contribution < -0.4 is 5.32 Å². The maximum absolute atomic E-state index is 11.6. The van der Waals surface area contributed by atoms with Crippen molar-refractivity contribution >= 4 is 22.8 Å². The van der Waals surface area contributed by atoms with E-state index >= 15 is 0 Å². The quantitative estimate of drug-likeness (QED) is 0.850. The van der Waals surface area contributed by atoms with Crippen LogP contribution in [0.5, 0.6) is 0 Å². The molecular formula is C13H14N2O3. The molecule has 5 heteroatoms. The molecule has 1 heterocycles. The third-order valence-corrected chi connectivity index (χ3v) is 2.76. The van der Waals surface area contributed by atoms with Gasteiger partial charge >= 0.3 is 5.97 Å². The summed E-state index contributed by atoms with van der Waals surface area (Å²) >= 11 is 0. The number of rotatable bonds is 4. The Balaban J connectivity index is 2.18. The molecule has 2 N–H and O–H groups in total. The van der Waals surface area contributed by atoms with Gasteiger partial charge in [0.2, 0.25) is 5.91 Å². The summed E-state index contributed by atoms with van der Waals surface area (Å²) in [5, 5.41) is 11.9. The molecule has 1 aromatic heterocycles. The zero-order valence-electron chi connectivity index (χ0n) is 10.0. The standard InChI is InChI=1S/C13H14N2O3/c1-9-6-10-4-2-3-5-11(10)15(9)8-12(16)14-7-13(17)18/h2-6H,7-8H2,1H3,(H,14,16)(H,17,18). The van der Waals surface area contributed by atoms with Gasteiger partial charge in [-0.05, 0) is 24.4 Å². The Morgan fingerprint density at radius 1 is 1.33 bits per heavy atom. The summed E-state index contributed by atoms with van der Waals surface area (Å²) in [6.45, 7) is 1.70. The van der Waals surface area contributed by atoms with Crippen LogP contribution in [0.2, 0.25) is 0 Å². The van der Waals surface area contributed by atoms with Crippen LogP contribution in [0, 0.1) is 6.92 Å². The number of nitrogens with zero attached hydrogens (tertiary/aromatic N) is 1. The second-order valence-corrected chi connectivity index (χ2v) is 4.10. The molecule has 0 aliphatic rings. The SMILES string of the molecule is Cc1cc2ccccc2n1CC(=O)NCC(=O)O. The second kappa shape index (κ2) is 4.91. The Morgan fingerprint density at radius 3 is 2.78 bits per heavy atom. The molecule has 18 heavy (non-hydrogen) atoms. The molecule has 1 amide bonds. The van der Waals surface area contributed by atoms with Crippen LogP contribution in [-0.2, 0) is 16.1 Å². The van der Waals surface area contributed by atoms with Crippen LogP contribution in [0.15, 0.2) is 30.3 Å². The number of carbonyl (C=O) groups is 2. The van der Waals surface area contributed by atoms with E-state index in [1.807, 2.05) is 41.8 Å². The third-order valence-electron chi connectivity index (χ3n) is 2.76. The number of hydrogen-bond donors (Lipinski definition) is 2. The first-order valence-electron chi connectivity index (χ1n) is 5.61. The number of aromatic nitrogens is 1. The maximum Gasteiger partial charge on any atom is 0.322 e. The number of carboxylic acids is 1. The van der Waals surface area contributed by atoms with Gasteiger partial charge in [-0.25, -0.2) is 0 Å². The van der Waals surface area contributed by atoms with E-state index in [-0.39, 0.29) is 19.0 Å². The molecule has 0 unspecified atom stereocenters. The molecule has 0 saturated heterocycles. The highest BCUT2D eigenvalue weighted by Gasteiger charge is 2.09. The lowest BCUT2D eigenvalue weighted by atomic mass is 10.2. The zero-order valence-corrected chi connectivity index (χ0v) is 10.0. The molecule has 2 aromatic rings. The molecule has 0 aliphatic heterocycles. The van der Waals surface area contributed by atoms with Crippen LogP contribution in [0.25, 0.3) is 10.9 Å². The van der Waals surface area contributed by atoms with E-state index in [2.05, 4.69) is 5.32 Å². The second-order valence-electron chi connectivity index (χ2n) is 4.10. The lowest BCUT2D eigenvalue weighted by molar-refractivity contribution is -0.138. The third kappa shape index (κ3) is 2.51. The van der Waals surface area contributed by atoms with Crippen LogP contribution in [-0.4, -0.2) is 28.1 Å². The number of aryl methyl sites for hydroxylation is 1. The maximum atomic E-state index is 11.6. The smallest absolute Gasteiger partial charge is 0.322 e. The van der Waals surface area contributed by atoms with Crippen LogP contribution in [0.3, 0.4) is 0 Å². The highest BCUT2D eigenvalue weighted by molar-refractivity contribution is 5.85. The summed E-state index contributed by atoms with van der Waals surface area (Å²) in [6.07, 6.45) is 0. The van der Waals surface area contributed by atoms with Crippen molar-refractivity contribution in [3.05, 3.63) is 36.0 Å². The first-order chi connectivity index (χ1) is 8.58. The van der Waals surface area contributed by atoms with Crippen LogP contribution >= 0.6 is 0 Å².